The summed E-state index contributed by atoms with van der Waals surface area (Å²) < 4.78 is 11.2. The number of nitrogens with zero attached hydrogens (tertiary/aromatic N) is 1. The molecule has 8 heteroatoms. The van der Waals surface area contributed by atoms with Gasteiger partial charge in [0.2, 0.25) is 0 Å². The molecule has 5 rings (SSSR count). The van der Waals surface area contributed by atoms with Crippen molar-refractivity contribution in [2.45, 2.75) is 58.3 Å². The molecule has 43 heavy (non-hydrogen) atoms. The van der Waals surface area contributed by atoms with Crippen LogP contribution in [0.25, 0.3) is 0 Å². The molecular formula is C35H41N3O5. The predicted octanol–water partition coefficient (Wildman–Crippen LogP) is 6.52. The van der Waals surface area contributed by atoms with E-state index in [1.165, 1.54) is 0 Å². The fourth-order valence-electron chi connectivity index (χ4n) is 6.23. The van der Waals surface area contributed by atoms with Crippen molar-refractivity contribution in [3.05, 3.63) is 82.9 Å². The Morgan fingerprint density at radius 2 is 1.84 bits per heavy atom. The summed E-state index contributed by atoms with van der Waals surface area (Å²) in [5.41, 5.74) is 6.42. The largest absolute Gasteiger partial charge is 0.495 e. The molecule has 2 aliphatic heterocycles. The zero-order valence-electron chi connectivity index (χ0n) is 25.3. The van der Waals surface area contributed by atoms with Crippen LogP contribution in [0.15, 0.2) is 60.7 Å². The van der Waals surface area contributed by atoms with E-state index in [2.05, 4.69) is 23.6 Å². The third-order valence-corrected chi connectivity index (χ3v) is 8.44. The lowest BCUT2D eigenvalue weighted by Crippen LogP contribution is -2.33. The van der Waals surface area contributed by atoms with Crippen LogP contribution in [-0.4, -0.2) is 44.6 Å². The van der Waals surface area contributed by atoms with Gasteiger partial charge in [0.15, 0.2) is 0 Å². The van der Waals surface area contributed by atoms with Gasteiger partial charge in [0.05, 0.1) is 25.3 Å². The molecule has 0 aromatic heterocycles. The van der Waals surface area contributed by atoms with E-state index in [1.54, 1.807) is 31.1 Å². The number of fused-ring (bicyclic) bond motifs is 2. The molecule has 226 valence electrons. The molecule has 3 aromatic carbocycles. The van der Waals surface area contributed by atoms with E-state index in [9.17, 15) is 14.4 Å². The van der Waals surface area contributed by atoms with Crippen molar-refractivity contribution in [2.75, 3.05) is 42.3 Å². The van der Waals surface area contributed by atoms with E-state index in [-0.39, 0.29) is 30.8 Å². The third-order valence-electron chi connectivity index (χ3n) is 8.44. The lowest BCUT2D eigenvalue weighted by Gasteiger charge is -2.26. The van der Waals surface area contributed by atoms with Crippen molar-refractivity contribution < 1.29 is 23.9 Å². The average Bonchev–Trinajstić information content (AvgIpc) is 3.67. The van der Waals surface area contributed by atoms with Crippen LogP contribution < -0.4 is 20.3 Å². The zero-order chi connectivity index (χ0) is 30.3. The Labute approximate surface area is 253 Å². The molecule has 0 fully saturated rings. The van der Waals surface area contributed by atoms with Gasteiger partial charge in [0.25, 0.3) is 0 Å². The summed E-state index contributed by atoms with van der Waals surface area (Å²) in [5.74, 6) is -1.09. The molecule has 2 N–H and O–H groups in total. The van der Waals surface area contributed by atoms with E-state index >= 15 is 0 Å². The molecule has 0 bridgehead atoms. The highest BCUT2D eigenvalue weighted by Gasteiger charge is 2.36. The van der Waals surface area contributed by atoms with Crippen LogP contribution in [-0.2, 0) is 33.6 Å². The van der Waals surface area contributed by atoms with E-state index < -0.39 is 11.8 Å². The summed E-state index contributed by atoms with van der Waals surface area (Å²) in [6.45, 7) is 5.61. The van der Waals surface area contributed by atoms with Crippen molar-refractivity contribution in [3.8, 4) is 5.75 Å². The number of anilines is 3. The molecule has 0 aliphatic carbocycles. The number of para-hydroxylation sites is 1. The SMILES string of the molecule is CCCC[C@H](C(=O)Cc1ccc(NC(=O)N2CCc3ccccc32)c(OC)c1)[C@@H](C(=O)OCC)c1ccc2c(c1)CCN2. The van der Waals surface area contributed by atoms with Crippen molar-refractivity contribution >= 4 is 34.8 Å². The van der Waals surface area contributed by atoms with Gasteiger partial charge in [0, 0.05) is 36.8 Å². The number of hydrogen-bond acceptors (Lipinski definition) is 6. The monoisotopic (exact) mass is 583 g/mol. The molecular weight excluding hydrogens is 542 g/mol. The molecule has 0 spiro atoms. The van der Waals surface area contributed by atoms with Crippen LogP contribution in [0.5, 0.6) is 5.75 Å². The second-order valence-electron chi connectivity index (χ2n) is 11.2. The zero-order valence-corrected chi connectivity index (χ0v) is 25.3. The number of Topliss-reactive ketones (excluding diaryl/α,β-unsaturated/α-hetero) is 1. The van der Waals surface area contributed by atoms with Crippen LogP contribution in [0.2, 0.25) is 0 Å². The maximum Gasteiger partial charge on any atom is 0.326 e. The summed E-state index contributed by atoms with van der Waals surface area (Å²) in [6, 6.07) is 19.1. The molecule has 3 aromatic rings. The number of carbonyl (C=O) groups excluding carboxylic acids is 3. The first-order chi connectivity index (χ1) is 20.9. The van der Waals surface area contributed by atoms with Gasteiger partial charge in [-0.2, -0.15) is 0 Å². The molecule has 2 amide bonds. The number of urea groups is 1. The minimum atomic E-state index is -0.673. The smallest absolute Gasteiger partial charge is 0.326 e. The number of amides is 2. The molecule has 0 saturated heterocycles. The Hall–Kier alpha value is -4.33. The molecule has 2 aliphatic rings. The van der Waals surface area contributed by atoms with Crippen molar-refractivity contribution in [2.24, 2.45) is 5.92 Å². The minimum Gasteiger partial charge on any atom is -0.495 e. The summed E-state index contributed by atoms with van der Waals surface area (Å²) in [7, 11) is 1.55. The molecule has 0 unspecified atom stereocenters. The van der Waals surface area contributed by atoms with Crippen LogP contribution in [0.4, 0.5) is 21.9 Å². The fourth-order valence-corrected chi connectivity index (χ4v) is 6.23. The number of nitrogens with one attached hydrogen (secondary N) is 2. The number of esters is 1. The number of hydrogen-bond donors (Lipinski definition) is 2. The van der Waals surface area contributed by atoms with Crippen LogP contribution in [0.3, 0.4) is 0 Å². The standard InChI is InChI=1S/C35H41N3O5/c1-4-6-10-27(33(34(40)43-5-2)26-13-15-28-25(22-26)16-18-36-28)31(39)20-23-12-14-29(32(21-23)42-3)37-35(41)38-19-17-24-9-7-8-11-30(24)38/h7-9,11-15,21-22,27,33,36H,4-6,10,16-20H2,1-3H3,(H,37,41)/t27-,33+/m1/s1. The van der Waals surface area contributed by atoms with Crippen LogP contribution in [0, 0.1) is 5.92 Å². The fraction of sp³-hybridized carbons (Fsp3) is 0.400. The quantitative estimate of drug-likeness (QED) is 0.236. The normalized spacial score (nSPS) is 14.7. The van der Waals surface area contributed by atoms with Gasteiger partial charge < -0.3 is 20.1 Å². The van der Waals surface area contributed by atoms with E-state index in [0.29, 0.717) is 24.4 Å². The Morgan fingerprint density at radius 1 is 1.00 bits per heavy atom. The highest BCUT2D eigenvalue weighted by Crippen LogP contribution is 2.36. The van der Waals surface area contributed by atoms with Gasteiger partial charge in [0.1, 0.15) is 11.5 Å². The first-order valence-corrected chi connectivity index (χ1v) is 15.3. The number of carbonyl (C=O) groups is 3. The summed E-state index contributed by atoms with van der Waals surface area (Å²) >= 11 is 0. The van der Waals surface area contributed by atoms with Crippen molar-refractivity contribution in [1.29, 1.82) is 0 Å². The number of methoxy groups -OCH3 is 1. The predicted molar refractivity (Wildman–Crippen MR) is 169 cm³/mol. The van der Waals surface area contributed by atoms with Crippen LogP contribution in [0.1, 0.15) is 61.3 Å². The lowest BCUT2D eigenvalue weighted by atomic mass is 9.78. The summed E-state index contributed by atoms with van der Waals surface area (Å²) in [4.78, 5) is 42.3. The number of ether oxygens (including phenoxy) is 2. The molecule has 2 heterocycles. The number of rotatable bonds is 12. The number of unbranched alkanes of at least 4 members (excludes halogenated alkanes) is 1. The van der Waals surface area contributed by atoms with Gasteiger partial charge in [-0.15, -0.1) is 0 Å². The van der Waals surface area contributed by atoms with Crippen LogP contribution >= 0.6 is 0 Å². The first kappa shape index (κ1) is 30.1. The summed E-state index contributed by atoms with van der Waals surface area (Å²) in [6.07, 6.45) is 4.18. The highest BCUT2D eigenvalue weighted by molar-refractivity contribution is 6.04. The van der Waals surface area contributed by atoms with Crippen molar-refractivity contribution in [1.82, 2.24) is 0 Å². The Morgan fingerprint density at radius 3 is 2.63 bits per heavy atom. The lowest BCUT2D eigenvalue weighted by molar-refractivity contribution is -0.148. The Bertz CT molecular complexity index is 1490. The van der Waals surface area contributed by atoms with E-state index in [4.69, 9.17) is 9.47 Å². The van der Waals surface area contributed by atoms with Crippen molar-refractivity contribution in [3.63, 3.8) is 0 Å². The number of ketones is 1. The van der Waals surface area contributed by atoms with E-state index in [1.807, 2.05) is 42.5 Å². The molecule has 8 nitrogen and oxygen atoms in total. The molecule has 0 radical (unpaired) electrons. The second-order valence-corrected chi connectivity index (χ2v) is 11.2. The maximum atomic E-state index is 14.0. The topological polar surface area (TPSA) is 97.0 Å². The number of benzene rings is 3. The van der Waals surface area contributed by atoms with Gasteiger partial charge in [-0.05, 0) is 72.7 Å². The van der Waals surface area contributed by atoms with Gasteiger partial charge >= 0.3 is 12.0 Å². The Balaban J connectivity index is 1.36. The average molecular weight is 584 g/mol. The second kappa shape index (κ2) is 13.8. The van der Waals surface area contributed by atoms with Gasteiger partial charge in [-0.25, -0.2) is 4.79 Å². The van der Waals surface area contributed by atoms with E-state index in [0.717, 1.165) is 65.9 Å². The third kappa shape index (κ3) is 6.69. The molecule has 0 saturated carbocycles. The van der Waals surface area contributed by atoms with Gasteiger partial charge in [-0.3, -0.25) is 14.5 Å². The molecule has 2 atom stereocenters. The first-order valence-electron chi connectivity index (χ1n) is 15.3. The summed E-state index contributed by atoms with van der Waals surface area (Å²) in [5, 5.41) is 6.34. The minimum absolute atomic E-state index is 0.0161. The maximum absolute atomic E-state index is 14.0. The van der Waals surface area contributed by atoms with Gasteiger partial charge in [-0.1, -0.05) is 56.2 Å². The Kier molecular flexibility index (Phi) is 9.65. The highest BCUT2D eigenvalue weighted by atomic mass is 16.5.